The number of nitrogens with zero attached hydrogens (tertiary/aromatic N) is 3. The van der Waals surface area contributed by atoms with Gasteiger partial charge in [0.15, 0.2) is 0 Å². The highest BCUT2D eigenvalue weighted by Gasteiger charge is 2.09. The van der Waals surface area contributed by atoms with Gasteiger partial charge in [-0.15, -0.1) is 0 Å². The van der Waals surface area contributed by atoms with Gasteiger partial charge in [-0.2, -0.15) is 10.5 Å². The largest absolute Gasteiger partial charge is 0.321 e. The van der Waals surface area contributed by atoms with Crippen molar-refractivity contribution in [3.8, 4) is 12.1 Å². The number of carbonyl (C=O) groups is 1. The van der Waals surface area contributed by atoms with Crippen molar-refractivity contribution in [2.75, 3.05) is 5.32 Å². The number of anilines is 1. The Morgan fingerprint density at radius 1 is 1.20 bits per heavy atom. The standard InChI is InChI=1S/C14H7ClN4O/c15-12-5-11(3-2-10(12)7-17)19-14(20)13-4-1-9(6-16)8-18-13/h1-5,8H,(H,19,20). The molecule has 1 aromatic heterocycles. The lowest BCUT2D eigenvalue weighted by Crippen LogP contribution is -2.13. The van der Waals surface area contributed by atoms with E-state index in [4.69, 9.17) is 22.1 Å². The molecular weight excluding hydrogens is 276 g/mol. The van der Waals surface area contributed by atoms with E-state index in [1.165, 1.54) is 30.5 Å². The summed E-state index contributed by atoms with van der Waals surface area (Å²) in [5.41, 5.74) is 1.36. The number of pyridine rings is 1. The molecular formula is C14H7ClN4O. The Labute approximate surface area is 120 Å². The lowest BCUT2D eigenvalue weighted by Gasteiger charge is -2.05. The van der Waals surface area contributed by atoms with Gasteiger partial charge in [-0.25, -0.2) is 4.98 Å². The summed E-state index contributed by atoms with van der Waals surface area (Å²) >= 11 is 5.87. The average molecular weight is 283 g/mol. The monoisotopic (exact) mass is 282 g/mol. The van der Waals surface area contributed by atoms with Gasteiger partial charge in [-0.1, -0.05) is 11.6 Å². The average Bonchev–Trinajstić information content (AvgIpc) is 2.47. The van der Waals surface area contributed by atoms with E-state index in [1.807, 2.05) is 12.1 Å². The molecule has 0 aliphatic rings. The molecule has 0 saturated carbocycles. The van der Waals surface area contributed by atoms with E-state index in [2.05, 4.69) is 10.3 Å². The van der Waals surface area contributed by atoms with E-state index >= 15 is 0 Å². The maximum absolute atomic E-state index is 11.9. The van der Waals surface area contributed by atoms with Crippen LogP contribution in [-0.4, -0.2) is 10.9 Å². The molecule has 0 radical (unpaired) electrons. The highest BCUT2D eigenvalue weighted by atomic mass is 35.5. The fourth-order valence-electron chi connectivity index (χ4n) is 1.47. The van der Waals surface area contributed by atoms with E-state index in [-0.39, 0.29) is 10.7 Å². The zero-order chi connectivity index (χ0) is 14.5. The van der Waals surface area contributed by atoms with E-state index in [0.717, 1.165) is 0 Å². The molecule has 1 heterocycles. The second kappa shape index (κ2) is 5.83. The second-order valence-electron chi connectivity index (χ2n) is 3.80. The summed E-state index contributed by atoms with van der Waals surface area (Å²) in [5.74, 6) is -0.421. The molecule has 0 atom stereocenters. The molecule has 20 heavy (non-hydrogen) atoms. The first-order chi connectivity index (χ1) is 9.63. The number of rotatable bonds is 2. The first-order valence-corrected chi connectivity index (χ1v) is 5.89. The minimum absolute atomic E-state index is 0.185. The van der Waals surface area contributed by atoms with Crippen molar-refractivity contribution in [2.45, 2.75) is 0 Å². The van der Waals surface area contributed by atoms with Crippen molar-refractivity contribution in [3.05, 3.63) is 58.4 Å². The van der Waals surface area contributed by atoms with Crippen LogP contribution in [0, 0.1) is 22.7 Å². The van der Waals surface area contributed by atoms with Crippen LogP contribution in [0.3, 0.4) is 0 Å². The first-order valence-electron chi connectivity index (χ1n) is 5.51. The van der Waals surface area contributed by atoms with Crippen LogP contribution < -0.4 is 5.32 Å². The van der Waals surface area contributed by atoms with E-state index in [0.29, 0.717) is 16.8 Å². The lowest BCUT2D eigenvalue weighted by molar-refractivity contribution is 0.102. The van der Waals surface area contributed by atoms with Crippen LogP contribution in [0.2, 0.25) is 5.02 Å². The van der Waals surface area contributed by atoms with E-state index < -0.39 is 5.91 Å². The molecule has 0 spiro atoms. The highest BCUT2D eigenvalue weighted by molar-refractivity contribution is 6.32. The molecule has 0 saturated heterocycles. The van der Waals surface area contributed by atoms with Crippen LogP contribution in [0.25, 0.3) is 0 Å². The molecule has 1 aromatic carbocycles. The van der Waals surface area contributed by atoms with Crippen molar-refractivity contribution < 1.29 is 4.79 Å². The normalized spacial score (nSPS) is 9.35. The van der Waals surface area contributed by atoms with Crippen molar-refractivity contribution >= 4 is 23.2 Å². The van der Waals surface area contributed by atoms with Gasteiger partial charge in [0.25, 0.3) is 5.91 Å². The van der Waals surface area contributed by atoms with Crippen molar-refractivity contribution in [1.82, 2.24) is 4.98 Å². The number of carbonyl (C=O) groups excluding carboxylic acids is 1. The Hall–Kier alpha value is -2.89. The van der Waals surface area contributed by atoms with Gasteiger partial charge in [0.2, 0.25) is 0 Å². The Morgan fingerprint density at radius 3 is 2.55 bits per heavy atom. The van der Waals surface area contributed by atoms with Crippen LogP contribution in [0.5, 0.6) is 0 Å². The maximum Gasteiger partial charge on any atom is 0.274 e. The molecule has 0 fully saturated rings. The molecule has 5 nitrogen and oxygen atoms in total. The Balaban J connectivity index is 2.17. The number of nitriles is 2. The zero-order valence-electron chi connectivity index (χ0n) is 10.1. The number of hydrogen-bond acceptors (Lipinski definition) is 4. The van der Waals surface area contributed by atoms with Crippen molar-refractivity contribution in [1.29, 1.82) is 10.5 Å². The maximum atomic E-state index is 11.9. The van der Waals surface area contributed by atoms with Gasteiger partial charge >= 0.3 is 0 Å². The van der Waals surface area contributed by atoms with Gasteiger partial charge in [0, 0.05) is 11.9 Å². The summed E-state index contributed by atoms with van der Waals surface area (Å²) in [6.45, 7) is 0. The molecule has 0 aliphatic heterocycles. The number of hydrogen-bond donors (Lipinski definition) is 1. The predicted octanol–water partition coefficient (Wildman–Crippen LogP) is 2.73. The van der Waals surface area contributed by atoms with E-state index in [9.17, 15) is 4.79 Å². The second-order valence-corrected chi connectivity index (χ2v) is 4.21. The Bertz CT molecular complexity index is 741. The lowest BCUT2D eigenvalue weighted by atomic mass is 10.2. The smallest absolute Gasteiger partial charge is 0.274 e. The van der Waals surface area contributed by atoms with Gasteiger partial charge < -0.3 is 5.32 Å². The summed E-state index contributed by atoms with van der Waals surface area (Å²) in [7, 11) is 0. The summed E-state index contributed by atoms with van der Waals surface area (Å²) in [6.07, 6.45) is 1.32. The Kier molecular flexibility index (Phi) is 3.95. The fourth-order valence-corrected chi connectivity index (χ4v) is 1.70. The van der Waals surface area contributed by atoms with Crippen LogP contribution in [-0.2, 0) is 0 Å². The molecule has 2 rings (SSSR count). The summed E-state index contributed by atoms with van der Waals surface area (Å²) in [6, 6.07) is 11.4. The predicted molar refractivity (Wildman–Crippen MR) is 73.1 cm³/mol. The highest BCUT2D eigenvalue weighted by Crippen LogP contribution is 2.20. The summed E-state index contributed by atoms with van der Waals surface area (Å²) < 4.78 is 0. The van der Waals surface area contributed by atoms with Gasteiger partial charge in [0.05, 0.1) is 16.1 Å². The molecule has 1 N–H and O–H groups in total. The molecule has 6 heteroatoms. The fraction of sp³-hybridized carbons (Fsp3) is 0. The molecule has 0 unspecified atom stereocenters. The summed E-state index contributed by atoms with van der Waals surface area (Å²) in [5, 5.41) is 20.3. The van der Waals surface area contributed by atoms with Crippen LogP contribution in [0.15, 0.2) is 36.5 Å². The molecule has 1 amide bonds. The SMILES string of the molecule is N#Cc1ccc(C(=O)Nc2ccc(C#N)c(Cl)c2)nc1. The van der Waals surface area contributed by atoms with Gasteiger partial charge in [-0.3, -0.25) is 4.79 Å². The molecule has 2 aromatic rings. The van der Waals surface area contributed by atoms with Crippen LogP contribution >= 0.6 is 11.6 Å². The topological polar surface area (TPSA) is 89.6 Å². The number of halogens is 1. The molecule has 96 valence electrons. The van der Waals surface area contributed by atoms with Crippen molar-refractivity contribution in [2.24, 2.45) is 0 Å². The third-order valence-corrected chi connectivity index (χ3v) is 2.79. The van der Waals surface area contributed by atoms with Crippen LogP contribution in [0.4, 0.5) is 5.69 Å². The van der Waals surface area contributed by atoms with E-state index in [1.54, 1.807) is 6.07 Å². The van der Waals surface area contributed by atoms with Crippen LogP contribution in [0.1, 0.15) is 21.6 Å². The number of amides is 1. The third-order valence-electron chi connectivity index (χ3n) is 2.47. The number of benzene rings is 1. The summed E-state index contributed by atoms with van der Waals surface area (Å²) in [4.78, 5) is 15.8. The number of aromatic nitrogens is 1. The van der Waals surface area contributed by atoms with Gasteiger partial charge in [-0.05, 0) is 30.3 Å². The minimum atomic E-state index is -0.421. The number of nitrogens with one attached hydrogen (secondary N) is 1. The quantitative estimate of drug-likeness (QED) is 0.917. The molecule has 0 bridgehead atoms. The Morgan fingerprint density at radius 2 is 2.00 bits per heavy atom. The van der Waals surface area contributed by atoms with Crippen molar-refractivity contribution in [3.63, 3.8) is 0 Å². The third kappa shape index (κ3) is 2.92. The van der Waals surface area contributed by atoms with Gasteiger partial charge in [0.1, 0.15) is 17.8 Å². The minimum Gasteiger partial charge on any atom is -0.321 e. The molecule has 0 aliphatic carbocycles. The zero-order valence-corrected chi connectivity index (χ0v) is 10.8. The first kappa shape index (κ1) is 13.5.